The molecule has 2 aromatic rings. The summed E-state index contributed by atoms with van der Waals surface area (Å²) >= 11 is 6.68. The van der Waals surface area contributed by atoms with Crippen LogP contribution in [0.2, 0.25) is 5.02 Å². The molecule has 30 heavy (non-hydrogen) atoms. The second-order valence-corrected chi connectivity index (χ2v) is 7.78. The third-order valence-corrected chi connectivity index (χ3v) is 5.32. The maximum Gasteiger partial charge on any atom is 0.293 e. The molecule has 156 valence electrons. The van der Waals surface area contributed by atoms with Crippen molar-refractivity contribution in [2.45, 2.75) is 13.0 Å². The van der Waals surface area contributed by atoms with Gasteiger partial charge in [0.1, 0.15) is 6.04 Å². The summed E-state index contributed by atoms with van der Waals surface area (Å²) in [5.74, 6) is -1.28. The summed E-state index contributed by atoms with van der Waals surface area (Å²) in [4.78, 5) is 50.0. The van der Waals surface area contributed by atoms with Crippen LogP contribution in [0.5, 0.6) is 0 Å². The fourth-order valence-corrected chi connectivity index (χ4v) is 3.58. The van der Waals surface area contributed by atoms with Crippen LogP contribution < -0.4 is 10.6 Å². The number of rotatable bonds is 7. The summed E-state index contributed by atoms with van der Waals surface area (Å²) in [6.45, 7) is 1.60. The molecule has 0 radical (unpaired) electrons. The predicted molar refractivity (Wildman–Crippen MR) is 113 cm³/mol. The average molecular weight is 448 g/mol. The van der Waals surface area contributed by atoms with Crippen molar-refractivity contribution >= 4 is 52.4 Å². The Bertz CT molecular complexity index is 988. The highest BCUT2D eigenvalue weighted by Gasteiger charge is 2.34. The van der Waals surface area contributed by atoms with Gasteiger partial charge in [0.25, 0.3) is 17.1 Å². The van der Waals surface area contributed by atoms with Gasteiger partial charge >= 0.3 is 0 Å². The fraction of sp³-hybridized carbons (Fsp3) is 0.200. The van der Waals surface area contributed by atoms with Gasteiger partial charge in [-0.2, -0.15) is 0 Å². The predicted octanol–water partition coefficient (Wildman–Crippen LogP) is 2.90. The van der Waals surface area contributed by atoms with Gasteiger partial charge in [0.05, 0.1) is 11.2 Å². The largest absolute Gasteiger partial charge is 0.459 e. The monoisotopic (exact) mass is 447 g/mol. The lowest BCUT2D eigenvalue weighted by Gasteiger charge is -2.16. The van der Waals surface area contributed by atoms with Crippen molar-refractivity contribution in [2.75, 3.05) is 13.1 Å². The van der Waals surface area contributed by atoms with Crippen LogP contribution in [0.15, 0.2) is 52.0 Å². The summed E-state index contributed by atoms with van der Waals surface area (Å²) in [5, 5.41) is 5.27. The van der Waals surface area contributed by atoms with Gasteiger partial charge in [-0.1, -0.05) is 23.7 Å². The second-order valence-electron chi connectivity index (χ2n) is 6.35. The maximum absolute atomic E-state index is 12.5. The number of carbonyl (C=O) groups is 4. The average Bonchev–Trinajstić information content (AvgIpc) is 3.34. The van der Waals surface area contributed by atoms with E-state index >= 15 is 0 Å². The van der Waals surface area contributed by atoms with Gasteiger partial charge in [0.2, 0.25) is 5.91 Å². The van der Waals surface area contributed by atoms with Gasteiger partial charge in [0, 0.05) is 18.1 Å². The minimum Gasteiger partial charge on any atom is -0.459 e. The lowest BCUT2D eigenvalue weighted by Crippen LogP contribution is -2.46. The molecule has 0 aliphatic carbocycles. The highest BCUT2D eigenvalue weighted by atomic mass is 35.5. The molecular weight excluding hydrogens is 430 g/mol. The number of hydrogen-bond acceptors (Lipinski definition) is 6. The molecule has 4 amide bonds. The summed E-state index contributed by atoms with van der Waals surface area (Å²) in [6, 6.07) is 9.11. The number of benzene rings is 1. The Hall–Kier alpha value is -3.04. The van der Waals surface area contributed by atoms with Crippen LogP contribution in [0, 0.1) is 0 Å². The van der Waals surface area contributed by atoms with E-state index in [1.807, 2.05) is 0 Å². The molecule has 1 aliphatic rings. The molecule has 0 spiro atoms. The van der Waals surface area contributed by atoms with Gasteiger partial charge < -0.3 is 15.1 Å². The Morgan fingerprint density at radius 3 is 2.63 bits per heavy atom. The van der Waals surface area contributed by atoms with Crippen molar-refractivity contribution in [1.82, 2.24) is 15.5 Å². The fourth-order valence-electron chi connectivity index (χ4n) is 2.59. The molecule has 0 saturated carbocycles. The Morgan fingerprint density at radius 1 is 1.23 bits per heavy atom. The Kier molecular flexibility index (Phi) is 6.96. The molecule has 3 rings (SSSR count). The molecule has 2 N–H and O–H groups in total. The van der Waals surface area contributed by atoms with Gasteiger partial charge in [-0.15, -0.1) is 0 Å². The third-order valence-electron chi connectivity index (χ3n) is 4.16. The molecule has 0 unspecified atom stereocenters. The van der Waals surface area contributed by atoms with Gasteiger partial charge in [-0.3, -0.25) is 24.1 Å². The molecule has 1 fully saturated rings. The first kappa shape index (κ1) is 21.7. The molecule has 10 heteroatoms. The first-order chi connectivity index (χ1) is 14.3. The van der Waals surface area contributed by atoms with Crippen LogP contribution in [0.25, 0.3) is 6.08 Å². The smallest absolute Gasteiger partial charge is 0.293 e. The van der Waals surface area contributed by atoms with Gasteiger partial charge in [-0.25, -0.2) is 0 Å². The molecular formula is C20H18ClN3O5S. The minimum atomic E-state index is -0.817. The number of hydrogen-bond donors (Lipinski definition) is 2. The number of halogens is 1. The first-order valence-electron chi connectivity index (χ1n) is 8.98. The molecule has 2 heterocycles. The summed E-state index contributed by atoms with van der Waals surface area (Å²) in [5.41, 5.74) is 0.749. The number of nitrogens with zero attached hydrogens (tertiary/aromatic N) is 1. The molecule has 1 atom stereocenters. The number of carbonyl (C=O) groups excluding carboxylic acids is 4. The highest BCUT2D eigenvalue weighted by Crippen LogP contribution is 2.32. The van der Waals surface area contributed by atoms with Crippen molar-refractivity contribution < 1.29 is 23.6 Å². The highest BCUT2D eigenvalue weighted by molar-refractivity contribution is 8.18. The zero-order chi connectivity index (χ0) is 21.7. The third kappa shape index (κ3) is 5.31. The van der Waals surface area contributed by atoms with Crippen LogP contribution in [0.3, 0.4) is 0 Å². The Labute approximate surface area is 181 Å². The molecule has 1 aromatic heterocycles. The lowest BCUT2D eigenvalue weighted by atomic mass is 10.2. The number of nitrogens with one attached hydrogen (secondary N) is 2. The summed E-state index contributed by atoms with van der Waals surface area (Å²) in [6.07, 6.45) is 2.98. The van der Waals surface area contributed by atoms with E-state index in [-0.39, 0.29) is 18.8 Å². The van der Waals surface area contributed by atoms with E-state index in [9.17, 15) is 19.2 Å². The lowest BCUT2D eigenvalue weighted by molar-refractivity contribution is -0.124. The molecule has 1 aromatic carbocycles. The Balaban J connectivity index is 1.50. The van der Waals surface area contributed by atoms with Gasteiger partial charge in [-0.05, 0) is 54.6 Å². The van der Waals surface area contributed by atoms with E-state index in [0.717, 1.165) is 22.2 Å². The quantitative estimate of drug-likeness (QED) is 0.632. The summed E-state index contributed by atoms with van der Waals surface area (Å²) in [7, 11) is 0. The number of imide groups is 1. The van der Waals surface area contributed by atoms with E-state index < -0.39 is 29.0 Å². The van der Waals surface area contributed by atoms with E-state index in [2.05, 4.69) is 10.6 Å². The molecule has 1 aliphatic heterocycles. The van der Waals surface area contributed by atoms with Crippen molar-refractivity contribution in [3.8, 4) is 0 Å². The molecule has 0 bridgehead atoms. The second kappa shape index (κ2) is 9.64. The SMILES string of the molecule is C[C@H](NC(=O)c1ccco1)C(=O)NCCN1C(=O)S/C(=C\c2ccc(Cl)cc2)C1=O. The topological polar surface area (TPSA) is 109 Å². The van der Waals surface area contributed by atoms with Crippen molar-refractivity contribution in [1.29, 1.82) is 0 Å². The van der Waals surface area contributed by atoms with Crippen molar-refractivity contribution in [2.24, 2.45) is 0 Å². The number of amides is 4. The zero-order valence-corrected chi connectivity index (χ0v) is 17.5. The van der Waals surface area contributed by atoms with Crippen LogP contribution in [-0.2, 0) is 9.59 Å². The van der Waals surface area contributed by atoms with Gasteiger partial charge in [0.15, 0.2) is 5.76 Å². The standard InChI is InChI=1S/C20H18ClN3O5S/c1-12(23-18(26)15-3-2-10-29-15)17(25)22-8-9-24-19(27)16(30-20(24)28)11-13-4-6-14(21)7-5-13/h2-7,10-12H,8-9H2,1H3,(H,22,25)(H,23,26)/b16-11-/t12-/m0/s1. The van der Waals surface area contributed by atoms with E-state index in [0.29, 0.717) is 9.93 Å². The van der Waals surface area contributed by atoms with Crippen LogP contribution in [-0.4, -0.2) is 47.0 Å². The van der Waals surface area contributed by atoms with E-state index in [1.165, 1.54) is 19.3 Å². The number of furan rings is 1. The minimum absolute atomic E-state index is 0.0210. The van der Waals surface area contributed by atoms with E-state index in [4.69, 9.17) is 16.0 Å². The number of thioether (sulfide) groups is 1. The molecule has 1 saturated heterocycles. The first-order valence-corrected chi connectivity index (χ1v) is 10.2. The van der Waals surface area contributed by atoms with Crippen LogP contribution in [0.1, 0.15) is 23.0 Å². The maximum atomic E-state index is 12.5. The van der Waals surface area contributed by atoms with Crippen LogP contribution >= 0.6 is 23.4 Å². The Morgan fingerprint density at radius 2 is 1.97 bits per heavy atom. The summed E-state index contributed by atoms with van der Waals surface area (Å²) < 4.78 is 4.97. The van der Waals surface area contributed by atoms with E-state index in [1.54, 1.807) is 36.4 Å². The van der Waals surface area contributed by atoms with Crippen molar-refractivity contribution in [3.05, 3.63) is 63.9 Å². The molecule has 8 nitrogen and oxygen atoms in total. The normalized spacial score (nSPS) is 16.1. The zero-order valence-electron chi connectivity index (χ0n) is 15.9. The van der Waals surface area contributed by atoms with Crippen LogP contribution in [0.4, 0.5) is 4.79 Å². The van der Waals surface area contributed by atoms with Crippen molar-refractivity contribution in [3.63, 3.8) is 0 Å².